The molecule has 1 saturated heterocycles. The second-order valence-electron chi connectivity index (χ2n) is 6.43. The van der Waals surface area contributed by atoms with Crippen molar-refractivity contribution in [2.75, 3.05) is 43.9 Å². The van der Waals surface area contributed by atoms with Gasteiger partial charge in [-0.15, -0.1) is 0 Å². The first-order chi connectivity index (χ1) is 12.8. The van der Waals surface area contributed by atoms with Crippen LogP contribution >= 0.6 is 0 Å². The molecule has 0 saturated carbocycles. The number of halogens is 1. The zero-order valence-electron chi connectivity index (χ0n) is 15.0. The number of para-hydroxylation sites is 1. The van der Waals surface area contributed by atoms with Crippen LogP contribution in [-0.4, -0.2) is 62.5 Å². The molecule has 0 aliphatic carbocycles. The maximum absolute atomic E-state index is 13.9. The predicted molar refractivity (Wildman–Crippen MR) is 99.2 cm³/mol. The smallest absolute Gasteiger partial charge is 0.238 e. The second-order valence-corrected chi connectivity index (χ2v) is 8.41. The molecule has 0 radical (unpaired) electrons. The molecule has 7 nitrogen and oxygen atoms in total. The Bertz CT molecular complexity index is 878. The van der Waals surface area contributed by atoms with E-state index in [-0.39, 0.29) is 24.8 Å². The second kappa shape index (κ2) is 8.10. The Morgan fingerprint density at radius 1 is 1.15 bits per heavy atom. The van der Waals surface area contributed by atoms with Crippen molar-refractivity contribution in [2.45, 2.75) is 6.54 Å². The van der Waals surface area contributed by atoms with E-state index in [1.54, 1.807) is 35.2 Å². The van der Waals surface area contributed by atoms with Crippen molar-refractivity contribution in [3.63, 3.8) is 0 Å². The third kappa shape index (κ3) is 4.86. The van der Waals surface area contributed by atoms with Crippen molar-refractivity contribution < 1.29 is 22.0 Å². The van der Waals surface area contributed by atoms with E-state index in [1.807, 2.05) is 4.90 Å². The number of piperazine rings is 1. The highest BCUT2D eigenvalue weighted by Crippen LogP contribution is 2.20. The highest BCUT2D eigenvalue weighted by atomic mass is 32.2. The lowest BCUT2D eigenvalue weighted by Gasteiger charge is -2.36. The maximum Gasteiger partial charge on any atom is 0.238 e. The van der Waals surface area contributed by atoms with Crippen LogP contribution in [0, 0.1) is 5.82 Å². The average molecular weight is 395 g/mol. The summed E-state index contributed by atoms with van der Waals surface area (Å²) in [6.07, 6.45) is 2.53. The topological polar surface area (TPSA) is 74.1 Å². The molecular weight excluding hydrogens is 373 g/mol. The van der Waals surface area contributed by atoms with Crippen molar-refractivity contribution in [1.82, 2.24) is 9.21 Å². The van der Waals surface area contributed by atoms with Crippen LogP contribution in [-0.2, 0) is 21.4 Å². The SMILES string of the molecule is CS(=O)(=O)N(CC(=O)N1CCN(c2ccccc2F)CC1)Cc1ccco1. The van der Waals surface area contributed by atoms with E-state index in [2.05, 4.69) is 0 Å². The molecule has 0 atom stereocenters. The molecule has 1 aliphatic heterocycles. The average Bonchev–Trinajstić information content (AvgIpc) is 3.14. The van der Waals surface area contributed by atoms with Gasteiger partial charge in [0, 0.05) is 26.2 Å². The molecule has 1 aliphatic rings. The van der Waals surface area contributed by atoms with Gasteiger partial charge in [0.1, 0.15) is 11.6 Å². The first-order valence-corrected chi connectivity index (χ1v) is 10.4. The summed E-state index contributed by atoms with van der Waals surface area (Å²) in [6, 6.07) is 9.86. The number of carbonyl (C=O) groups is 1. The van der Waals surface area contributed by atoms with Crippen LogP contribution in [0.25, 0.3) is 0 Å². The summed E-state index contributed by atoms with van der Waals surface area (Å²) >= 11 is 0. The number of hydrogen-bond acceptors (Lipinski definition) is 5. The van der Waals surface area contributed by atoms with Crippen LogP contribution in [0.15, 0.2) is 47.1 Å². The minimum Gasteiger partial charge on any atom is -0.468 e. The molecule has 1 aromatic heterocycles. The lowest BCUT2D eigenvalue weighted by atomic mass is 10.2. The van der Waals surface area contributed by atoms with E-state index >= 15 is 0 Å². The van der Waals surface area contributed by atoms with Gasteiger partial charge in [0.15, 0.2) is 0 Å². The molecule has 2 heterocycles. The number of carbonyl (C=O) groups excluding carboxylic acids is 1. The van der Waals surface area contributed by atoms with Crippen molar-refractivity contribution in [1.29, 1.82) is 0 Å². The largest absolute Gasteiger partial charge is 0.468 e. The highest BCUT2D eigenvalue weighted by molar-refractivity contribution is 7.88. The molecular formula is C18H22FN3O4S. The van der Waals surface area contributed by atoms with Crippen LogP contribution < -0.4 is 4.90 Å². The van der Waals surface area contributed by atoms with Crippen LogP contribution in [0.2, 0.25) is 0 Å². The number of anilines is 1. The van der Waals surface area contributed by atoms with Gasteiger partial charge in [0.25, 0.3) is 0 Å². The fourth-order valence-electron chi connectivity index (χ4n) is 3.02. The molecule has 0 unspecified atom stereocenters. The summed E-state index contributed by atoms with van der Waals surface area (Å²) in [5.41, 5.74) is 0.514. The summed E-state index contributed by atoms with van der Waals surface area (Å²) in [7, 11) is -3.57. The summed E-state index contributed by atoms with van der Waals surface area (Å²) in [5, 5.41) is 0. The summed E-state index contributed by atoms with van der Waals surface area (Å²) in [5.74, 6) is -0.100. The van der Waals surface area contributed by atoms with Crippen LogP contribution in [0.1, 0.15) is 5.76 Å². The molecule has 0 bridgehead atoms. The van der Waals surface area contributed by atoms with E-state index in [1.165, 1.54) is 12.3 Å². The Kier molecular flexibility index (Phi) is 5.81. The quantitative estimate of drug-likeness (QED) is 0.742. The fourth-order valence-corrected chi connectivity index (χ4v) is 3.73. The Hall–Kier alpha value is -2.39. The molecule has 1 aromatic carbocycles. The number of sulfonamides is 1. The third-order valence-electron chi connectivity index (χ3n) is 4.52. The summed E-state index contributed by atoms with van der Waals surface area (Å²) < 4.78 is 44.2. The van der Waals surface area contributed by atoms with Gasteiger partial charge >= 0.3 is 0 Å². The van der Waals surface area contributed by atoms with Crippen molar-refractivity contribution in [3.8, 4) is 0 Å². The Morgan fingerprint density at radius 3 is 2.44 bits per heavy atom. The number of hydrogen-bond donors (Lipinski definition) is 0. The monoisotopic (exact) mass is 395 g/mol. The standard InChI is InChI=1S/C18H22FN3O4S/c1-27(24,25)22(13-15-5-4-12-26-15)14-18(23)21-10-8-20(9-11-21)17-7-3-2-6-16(17)19/h2-7,12H,8-11,13-14H2,1H3. The molecule has 1 amide bonds. The Balaban J connectivity index is 1.60. The lowest BCUT2D eigenvalue weighted by Crippen LogP contribution is -2.51. The third-order valence-corrected chi connectivity index (χ3v) is 5.71. The van der Waals surface area contributed by atoms with Gasteiger partial charge in [0.05, 0.1) is 31.3 Å². The minimum atomic E-state index is -3.57. The van der Waals surface area contributed by atoms with Crippen molar-refractivity contribution in [3.05, 3.63) is 54.2 Å². The van der Waals surface area contributed by atoms with Crippen LogP contribution in [0.3, 0.4) is 0 Å². The van der Waals surface area contributed by atoms with E-state index in [0.717, 1.165) is 10.6 Å². The maximum atomic E-state index is 13.9. The number of nitrogens with zero attached hydrogens (tertiary/aromatic N) is 3. The number of furan rings is 1. The zero-order valence-corrected chi connectivity index (χ0v) is 15.9. The molecule has 9 heteroatoms. The van der Waals surface area contributed by atoms with Gasteiger partial charge in [0.2, 0.25) is 15.9 Å². The number of amides is 1. The van der Waals surface area contributed by atoms with E-state index in [9.17, 15) is 17.6 Å². The van der Waals surface area contributed by atoms with Gasteiger partial charge in [-0.05, 0) is 24.3 Å². The summed E-state index contributed by atoms with van der Waals surface area (Å²) in [6.45, 7) is 1.55. The summed E-state index contributed by atoms with van der Waals surface area (Å²) in [4.78, 5) is 16.1. The number of benzene rings is 1. The lowest BCUT2D eigenvalue weighted by molar-refractivity contribution is -0.131. The Labute approximate surface area is 158 Å². The van der Waals surface area contributed by atoms with Crippen LogP contribution in [0.4, 0.5) is 10.1 Å². The molecule has 0 spiro atoms. The van der Waals surface area contributed by atoms with E-state index in [4.69, 9.17) is 4.42 Å². The zero-order chi connectivity index (χ0) is 19.4. The van der Waals surface area contributed by atoms with Gasteiger partial charge in [-0.3, -0.25) is 4.79 Å². The molecule has 1 fully saturated rings. The van der Waals surface area contributed by atoms with Crippen molar-refractivity contribution in [2.24, 2.45) is 0 Å². The first-order valence-electron chi connectivity index (χ1n) is 8.59. The van der Waals surface area contributed by atoms with Gasteiger partial charge in [-0.1, -0.05) is 12.1 Å². The highest BCUT2D eigenvalue weighted by Gasteiger charge is 2.27. The van der Waals surface area contributed by atoms with Gasteiger partial charge in [-0.25, -0.2) is 12.8 Å². The van der Waals surface area contributed by atoms with Crippen molar-refractivity contribution >= 4 is 21.6 Å². The molecule has 27 heavy (non-hydrogen) atoms. The molecule has 2 aromatic rings. The molecule has 3 rings (SSSR count). The van der Waals surface area contributed by atoms with E-state index in [0.29, 0.717) is 37.6 Å². The van der Waals surface area contributed by atoms with Crippen LogP contribution in [0.5, 0.6) is 0 Å². The van der Waals surface area contributed by atoms with Gasteiger partial charge in [-0.2, -0.15) is 4.31 Å². The molecule has 0 N–H and O–H groups in total. The Morgan fingerprint density at radius 2 is 1.85 bits per heavy atom. The predicted octanol–water partition coefficient (Wildman–Crippen LogP) is 1.53. The van der Waals surface area contributed by atoms with Gasteiger partial charge < -0.3 is 14.2 Å². The minimum absolute atomic E-state index is 0.00671. The number of rotatable bonds is 6. The normalized spacial score (nSPS) is 15.4. The molecule has 146 valence electrons. The first kappa shape index (κ1) is 19.4. The van der Waals surface area contributed by atoms with E-state index < -0.39 is 10.0 Å². The fraction of sp³-hybridized carbons (Fsp3) is 0.389.